The van der Waals surface area contributed by atoms with Crippen LogP contribution in [-0.2, 0) is 17.7 Å². The van der Waals surface area contributed by atoms with Gasteiger partial charge in [0.15, 0.2) is 10.3 Å². The van der Waals surface area contributed by atoms with Crippen LogP contribution in [0.3, 0.4) is 0 Å². The molecule has 0 saturated carbocycles. The van der Waals surface area contributed by atoms with Crippen LogP contribution < -0.4 is 5.32 Å². The third-order valence-electron chi connectivity index (χ3n) is 4.22. The summed E-state index contributed by atoms with van der Waals surface area (Å²) in [5.41, 5.74) is 1.65. The lowest BCUT2D eigenvalue weighted by atomic mass is 10.1. The Balaban J connectivity index is 1.52. The molecule has 10 heteroatoms. The van der Waals surface area contributed by atoms with Crippen molar-refractivity contribution in [2.75, 3.05) is 19.0 Å². The summed E-state index contributed by atoms with van der Waals surface area (Å²) in [6.45, 7) is 2.92. The van der Waals surface area contributed by atoms with Crippen LogP contribution >= 0.6 is 22.7 Å². The molecule has 27 heavy (non-hydrogen) atoms. The summed E-state index contributed by atoms with van der Waals surface area (Å²) in [6, 6.07) is 3.85. The van der Waals surface area contributed by atoms with Gasteiger partial charge in [-0.15, -0.1) is 0 Å². The Bertz CT molecular complexity index is 993. The molecule has 3 aromatic rings. The minimum absolute atomic E-state index is 0.0232. The number of anilines is 1. The summed E-state index contributed by atoms with van der Waals surface area (Å²) >= 11 is 2.76. The molecule has 3 aromatic heterocycles. The fourth-order valence-corrected chi connectivity index (χ4v) is 4.87. The molecule has 0 aliphatic carbocycles. The van der Waals surface area contributed by atoms with E-state index in [1.54, 1.807) is 0 Å². The van der Waals surface area contributed by atoms with Gasteiger partial charge < -0.3 is 14.2 Å². The van der Waals surface area contributed by atoms with Gasteiger partial charge in [-0.3, -0.25) is 10.1 Å². The first-order valence-electron chi connectivity index (χ1n) is 8.28. The van der Waals surface area contributed by atoms with Crippen molar-refractivity contribution in [3.8, 4) is 5.13 Å². The molecule has 8 nitrogen and oxygen atoms in total. The third-order valence-corrected chi connectivity index (χ3v) is 6.37. The number of ether oxygens (including phenoxy) is 1. The monoisotopic (exact) mass is 403 g/mol. The van der Waals surface area contributed by atoms with E-state index in [9.17, 15) is 9.59 Å². The number of aromatic nitrogens is 3. The van der Waals surface area contributed by atoms with Gasteiger partial charge in [0.1, 0.15) is 4.88 Å². The van der Waals surface area contributed by atoms with E-state index in [0.29, 0.717) is 29.5 Å². The smallest absolute Gasteiger partial charge is 0.413 e. The molecule has 2 amide bonds. The van der Waals surface area contributed by atoms with Gasteiger partial charge in [-0.25, -0.2) is 14.8 Å². The van der Waals surface area contributed by atoms with Crippen LogP contribution in [0.5, 0.6) is 0 Å². The summed E-state index contributed by atoms with van der Waals surface area (Å²) in [4.78, 5) is 36.8. The molecular formula is C17H17N5O3S2. The van der Waals surface area contributed by atoms with Crippen molar-refractivity contribution in [1.29, 1.82) is 0 Å². The number of rotatable bonds is 3. The number of carbonyl (C=O) groups excluding carboxylic acids is 2. The number of hydrogen-bond acceptors (Lipinski definition) is 7. The summed E-state index contributed by atoms with van der Waals surface area (Å²) in [5.74, 6) is -0.0232. The number of nitrogens with one attached hydrogen (secondary N) is 1. The fraction of sp³-hybridized carbons (Fsp3) is 0.294. The van der Waals surface area contributed by atoms with Gasteiger partial charge in [0.05, 0.1) is 25.0 Å². The molecule has 0 unspecified atom stereocenters. The molecule has 0 atom stereocenters. The molecule has 140 valence electrons. The number of aryl methyl sites for hydroxylation is 1. The molecule has 0 spiro atoms. The molecule has 0 bridgehead atoms. The second kappa shape index (κ2) is 7.12. The fourth-order valence-electron chi connectivity index (χ4n) is 2.86. The second-order valence-electron chi connectivity index (χ2n) is 5.98. The van der Waals surface area contributed by atoms with Crippen LogP contribution in [0.15, 0.2) is 24.5 Å². The van der Waals surface area contributed by atoms with Crippen molar-refractivity contribution in [1.82, 2.24) is 19.4 Å². The van der Waals surface area contributed by atoms with Gasteiger partial charge >= 0.3 is 6.09 Å². The highest BCUT2D eigenvalue weighted by Gasteiger charge is 2.28. The van der Waals surface area contributed by atoms with E-state index in [2.05, 4.69) is 20.0 Å². The maximum absolute atomic E-state index is 13.0. The Morgan fingerprint density at radius 3 is 2.74 bits per heavy atom. The third kappa shape index (κ3) is 3.45. The SMILES string of the molecule is COC(=O)Nc1nc2c(s1)CN(C(=O)c1sc(-n3cccc3)nc1C)CC2. The first-order valence-corrected chi connectivity index (χ1v) is 9.92. The molecule has 1 N–H and O–H groups in total. The van der Waals surface area contributed by atoms with Crippen molar-refractivity contribution in [2.24, 2.45) is 0 Å². The predicted molar refractivity (Wildman–Crippen MR) is 103 cm³/mol. The molecule has 4 rings (SSSR count). The van der Waals surface area contributed by atoms with E-state index in [1.165, 1.54) is 29.8 Å². The van der Waals surface area contributed by atoms with Crippen LogP contribution in [0.1, 0.15) is 25.9 Å². The number of hydrogen-bond donors (Lipinski definition) is 1. The molecule has 0 saturated heterocycles. The second-order valence-corrected chi connectivity index (χ2v) is 8.04. The zero-order valence-electron chi connectivity index (χ0n) is 14.8. The number of fused-ring (bicyclic) bond motifs is 1. The van der Waals surface area contributed by atoms with Gasteiger partial charge in [0.25, 0.3) is 5.91 Å². The average molecular weight is 403 g/mol. The molecule has 0 radical (unpaired) electrons. The van der Waals surface area contributed by atoms with Crippen LogP contribution in [0.2, 0.25) is 0 Å². The topological polar surface area (TPSA) is 89.4 Å². The zero-order valence-corrected chi connectivity index (χ0v) is 16.4. The van der Waals surface area contributed by atoms with E-state index in [0.717, 1.165) is 21.4 Å². The lowest BCUT2D eigenvalue weighted by Crippen LogP contribution is -2.35. The Morgan fingerprint density at radius 1 is 1.22 bits per heavy atom. The number of nitrogens with zero attached hydrogens (tertiary/aromatic N) is 4. The van der Waals surface area contributed by atoms with Crippen LogP contribution in [0, 0.1) is 6.92 Å². The molecule has 0 fully saturated rings. The van der Waals surface area contributed by atoms with Gasteiger partial charge in [-0.2, -0.15) is 0 Å². The summed E-state index contributed by atoms with van der Waals surface area (Å²) in [7, 11) is 1.31. The van der Waals surface area contributed by atoms with Crippen molar-refractivity contribution in [3.63, 3.8) is 0 Å². The van der Waals surface area contributed by atoms with Gasteiger partial charge in [0, 0.05) is 30.2 Å². The van der Waals surface area contributed by atoms with E-state index in [1.807, 2.05) is 40.9 Å². The highest BCUT2D eigenvalue weighted by molar-refractivity contribution is 7.16. The van der Waals surface area contributed by atoms with Gasteiger partial charge in [-0.05, 0) is 19.1 Å². The first-order chi connectivity index (χ1) is 13.0. The summed E-state index contributed by atoms with van der Waals surface area (Å²) in [6.07, 6.45) is 3.93. The Labute approximate surface area is 163 Å². The van der Waals surface area contributed by atoms with Crippen LogP contribution in [0.4, 0.5) is 9.93 Å². The van der Waals surface area contributed by atoms with E-state index < -0.39 is 6.09 Å². The van der Waals surface area contributed by atoms with Crippen LogP contribution in [0.25, 0.3) is 5.13 Å². The quantitative estimate of drug-likeness (QED) is 0.726. The molecule has 4 heterocycles. The highest BCUT2D eigenvalue weighted by atomic mass is 32.1. The maximum Gasteiger partial charge on any atom is 0.413 e. The summed E-state index contributed by atoms with van der Waals surface area (Å²) < 4.78 is 6.49. The van der Waals surface area contributed by atoms with Crippen LogP contribution in [-0.4, -0.2) is 45.1 Å². The maximum atomic E-state index is 13.0. The Kier molecular flexibility index (Phi) is 4.66. The summed E-state index contributed by atoms with van der Waals surface area (Å²) in [5, 5.41) is 3.85. The number of methoxy groups -OCH3 is 1. The average Bonchev–Trinajstić information content (AvgIpc) is 3.39. The van der Waals surface area contributed by atoms with Crippen molar-refractivity contribution >= 4 is 39.8 Å². The van der Waals surface area contributed by atoms with E-state index in [-0.39, 0.29) is 5.91 Å². The molecular weight excluding hydrogens is 386 g/mol. The van der Waals surface area contributed by atoms with E-state index >= 15 is 0 Å². The molecule has 0 aromatic carbocycles. The van der Waals surface area contributed by atoms with Crippen molar-refractivity contribution < 1.29 is 14.3 Å². The number of carbonyl (C=O) groups is 2. The van der Waals surface area contributed by atoms with Crippen molar-refractivity contribution in [2.45, 2.75) is 19.9 Å². The first kappa shape index (κ1) is 17.7. The van der Waals surface area contributed by atoms with Crippen molar-refractivity contribution in [3.05, 3.63) is 45.7 Å². The molecule has 1 aliphatic heterocycles. The van der Waals surface area contributed by atoms with E-state index in [4.69, 9.17) is 0 Å². The Hall–Kier alpha value is -2.72. The largest absolute Gasteiger partial charge is 0.453 e. The predicted octanol–water partition coefficient (Wildman–Crippen LogP) is 3.08. The minimum Gasteiger partial charge on any atom is -0.453 e. The normalized spacial score (nSPS) is 13.3. The highest BCUT2D eigenvalue weighted by Crippen LogP contribution is 2.30. The lowest BCUT2D eigenvalue weighted by Gasteiger charge is -2.25. The lowest BCUT2D eigenvalue weighted by molar-refractivity contribution is 0.0740. The number of amides is 2. The van der Waals surface area contributed by atoms with Gasteiger partial charge in [-0.1, -0.05) is 22.7 Å². The number of thiazole rings is 2. The molecule has 1 aliphatic rings. The minimum atomic E-state index is -0.549. The standard InChI is InChI=1S/C17H17N5O3S2/c1-10-13(27-16(18-10)21-6-3-4-7-21)14(23)22-8-5-11-12(9-22)26-15(19-11)20-17(24)25-2/h3-4,6-7H,5,8-9H2,1-2H3,(H,19,20,24). The van der Waals surface area contributed by atoms with Gasteiger partial charge in [0.2, 0.25) is 0 Å². The zero-order chi connectivity index (χ0) is 19.0. The Morgan fingerprint density at radius 2 is 2.00 bits per heavy atom.